The molecule has 0 saturated carbocycles. The molecule has 0 amide bonds. The van der Waals surface area contributed by atoms with Crippen molar-refractivity contribution in [3.63, 3.8) is 0 Å². The summed E-state index contributed by atoms with van der Waals surface area (Å²) in [5.74, 6) is 0. The summed E-state index contributed by atoms with van der Waals surface area (Å²) in [5, 5.41) is 0.472. The Labute approximate surface area is 45.9 Å². The summed E-state index contributed by atoms with van der Waals surface area (Å²) < 4.78 is 4.59. The van der Waals surface area contributed by atoms with Crippen LogP contribution in [0.4, 0.5) is 5.69 Å². The van der Waals surface area contributed by atoms with E-state index < -0.39 is 0 Å². The zero-order chi connectivity index (χ0) is 5.28. The first-order chi connectivity index (χ1) is 3.30. The van der Waals surface area contributed by atoms with E-state index in [1.807, 2.05) is 0 Å². The van der Waals surface area contributed by atoms with Gasteiger partial charge in [0.1, 0.15) is 17.5 Å². The fourth-order valence-electron chi connectivity index (χ4n) is 0.291. The van der Waals surface area contributed by atoms with Crippen LogP contribution in [0.3, 0.4) is 0 Å². The SMILES string of the molecule is Nc1cocc1Cl. The second-order valence-corrected chi connectivity index (χ2v) is 1.58. The molecule has 0 aliphatic heterocycles. The first-order valence-corrected chi connectivity index (χ1v) is 2.15. The molecule has 0 spiro atoms. The summed E-state index contributed by atoms with van der Waals surface area (Å²) in [6, 6.07) is 0. The number of halogens is 1. The molecule has 0 fully saturated rings. The molecule has 0 bridgehead atoms. The van der Waals surface area contributed by atoms with Crippen molar-refractivity contribution in [1.29, 1.82) is 0 Å². The Balaban J connectivity index is 3.12. The average Bonchev–Trinajstić information content (AvgIpc) is 1.91. The number of nitrogen functional groups attached to an aromatic ring is 1. The fourth-order valence-corrected chi connectivity index (χ4v) is 0.387. The Morgan fingerprint density at radius 2 is 2.29 bits per heavy atom. The van der Waals surface area contributed by atoms with Crippen molar-refractivity contribution < 1.29 is 4.42 Å². The maximum Gasteiger partial charge on any atom is 0.115 e. The quantitative estimate of drug-likeness (QED) is 0.560. The minimum atomic E-state index is 0.472. The standard InChI is InChI=1S/C4H4ClNO/c5-3-1-7-2-4(3)6/h1-2H,6H2. The Bertz CT molecular complexity index is 144. The van der Waals surface area contributed by atoms with Gasteiger partial charge in [-0.05, 0) is 0 Å². The molecule has 3 heteroatoms. The lowest BCUT2D eigenvalue weighted by Gasteiger charge is -1.75. The molecule has 0 aromatic carbocycles. The van der Waals surface area contributed by atoms with Crippen LogP contribution in [0.15, 0.2) is 16.9 Å². The smallest absolute Gasteiger partial charge is 0.115 e. The average molecular weight is 118 g/mol. The highest BCUT2D eigenvalue weighted by atomic mass is 35.5. The van der Waals surface area contributed by atoms with Crippen molar-refractivity contribution >= 4 is 17.3 Å². The number of rotatable bonds is 0. The zero-order valence-corrected chi connectivity index (χ0v) is 4.27. The predicted molar refractivity (Wildman–Crippen MR) is 28.1 cm³/mol. The van der Waals surface area contributed by atoms with Crippen LogP contribution in [0.2, 0.25) is 5.02 Å². The second-order valence-electron chi connectivity index (χ2n) is 1.18. The lowest BCUT2D eigenvalue weighted by molar-refractivity contribution is 0.568. The van der Waals surface area contributed by atoms with Gasteiger partial charge in [-0.3, -0.25) is 0 Å². The largest absolute Gasteiger partial charge is 0.469 e. The van der Waals surface area contributed by atoms with Gasteiger partial charge in [0, 0.05) is 0 Å². The van der Waals surface area contributed by atoms with E-state index in [1.54, 1.807) is 0 Å². The highest BCUT2D eigenvalue weighted by Gasteiger charge is 1.92. The lowest BCUT2D eigenvalue weighted by atomic mass is 10.6. The maximum absolute atomic E-state index is 5.41. The van der Waals surface area contributed by atoms with E-state index >= 15 is 0 Å². The molecule has 0 aliphatic carbocycles. The number of hydrogen-bond acceptors (Lipinski definition) is 2. The van der Waals surface area contributed by atoms with Crippen LogP contribution in [0.1, 0.15) is 0 Å². The molecule has 38 valence electrons. The Morgan fingerprint density at radius 1 is 1.57 bits per heavy atom. The van der Waals surface area contributed by atoms with Crippen molar-refractivity contribution in [2.24, 2.45) is 0 Å². The summed E-state index contributed by atoms with van der Waals surface area (Å²) >= 11 is 5.41. The molecule has 0 unspecified atom stereocenters. The number of furan rings is 1. The number of anilines is 1. The van der Waals surface area contributed by atoms with E-state index in [1.165, 1.54) is 12.5 Å². The molecule has 1 heterocycles. The third-order valence-corrected chi connectivity index (χ3v) is 0.950. The Hall–Kier alpha value is -0.630. The van der Waals surface area contributed by atoms with Gasteiger partial charge < -0.3 is 10.2 Å². The molecule has 0 aliphatic rings. The van der Waals surface area contributed by atoms with Crippen LogP contribution in [0, 0.1) is 0 Å². The van der Waals surface area contributed by atoms with Crippen molar-refractivity contribution in [1.82, 2.24) is 0 Å². The minimum Gasteiger partial charge on any atom is -0.469 e. The van der Waals surface area contributed by atoms with Gasteiger partial charge in [-0.2, -0.15) is 0 Å². The van der Waals surface area contributed by atoms with Crippen LogP contribution < -0.4 is 5.73 Å². The summed E-state index contributed by atoms with van der Waals surface area (Å²) in [4.78, 5) is 0. The van der Waals surface area contributed by atoms with Crippen molar-refractivity contribution in [2.75, 3.05) is 5.73 Å². The Morgan fingerprint density at radius 3 is 2.43 bits per heavy atom. The van der Waals surface area contributed by atoms with E-state index in [0.717, 1.165) is 0 Å². The fraction of sp³-hybridized carbons (Fsp3) is 0. The molecule has 0 saturated heterocycles. The molecule has 0 radical (unpaired) electrons. The van der Waals surface area contributed by atoms with E-state index in [9.17, 15) is 0 Å². The van der Waals surface area contributed by atoms with Crippen LogP contribution in [-0.4, -0.2) is 0 Å². The minimum absolute atomic E-state index is 0.472. The van der Waals surface area contributed by atoms with Crippen LogP contribution in [0.5, 0.6) is 0 Å². The van der Waals surface area contributed by atoms with E-state index in [0.29, 0.717) is 10.7 Å². The van der Waals surface area contributed by atoms with E-state index in [4.69, 9.17) is 17.3 Å². The molecule has 1 aromatic heterocycles. The second kappa shape index (κ2) is 1.46. The summed E-state index contributed by atoms with van der Waals surface area (Å²) in [6.07, 6.45) is 2.78. The van der Waals surface area contributed by atoms with Gasteiger partial charge in [0.2, 0.25) is 0 Å². The molecule has 1 rings (SSSR count). The monoisotopic (exact) mass is 117 g/mol. The summed E-state index contributed by atoms with van der Waals surface area (Å²) in [5.41, 5.74) is 5.70. The normalized spacial score (nSPS) is 9.29. The lowest BCUT2D eigenvalue weighted by Crippen LogP contribution is -1.77. The van der Waals surface area contributed by atoms with Crippen LogP contribution in [-0.2, 0) is 0 Å². The van der Waals surface area contributed by atoms with Gasteiger partial charge in [0.25, 0.3) is 0 Å². The van der Waals surface area contributed by atoms with Gasteiger partial charge in [-0.25, -0.2) is 0 Å². The first-order valence-electron chi connectivity index (χ1n) is 1.78. The number of nitrogens with two attached hydrogens (primary N) is 1. The summed E-state index contributed by atoms with van der Waals surface area (Å²) in [7, 11) is 0. The maximum atomic E-state index is 5.41. The third-order valence-electron chi connectivity index (χ3n) is 0.642. The molecule has 1 aromatic rings. The highest BCUT2D eigenvalue weighted by Crippen LogP contribution is 2.17. The first kappa shape index (κ1) is 4.53. The molecular weight excluding hydrogens is 114 g/mol. The van der Waals surface area contributed by atoms with Crippen molar-refractivity contribution in [3.05, 3.63) is 17.5 Å². The van der Waals surface area contributed by atoms with Gasteiger partial charge >= 0.3 is 0 Å². The zero-order valence-electron chi connectivity index (χ0n) is 3.52. The van der Waals surface area contributed by atoms with Crippen molar-refractivity contribution in [2.45, 2.75) is 0 Å². The number of hydrogen-bond donors (Lipinski definition) is 1. The molecule has 2 N–H and O–H groups in total. The van der Waals surface area contributed by atoms with Crippen molar-refractivity contribution in [3.8, 4) is 0 Å². The van der Waals surface area contributed by atoms with Gasteiger partial charge in [-0.1, -0.05) is 11.6 Å². The van der Waals surface area contributed by atoms with Crippen LogP contribution in [0.25, 0.3) is 0 Å². The summed E-state index contributed by atoms with van der Waals surface area (Å²) in [6.45, 7) is 0. The van der Waals surface area contributed by atoms with Gasteiger partial charge in [0.15, 0.2) is 0 Å². The van der Waals surface area contributed by atoms with E-state index in [-0.39, 0.29) is 0 Å². The van der Waals surface area contributed by atoms with E-state index in [2.05, 4.69) is 4.42 Å². The molecular formula is C4H4ClNO. The molecule has 7 heavy (non-hydrogen) atoms. The van der Waals surface area contributed by atoms with Crippen LogP contribution >= 0.6 is 11.6 Å². The Kier molecular flexibility index (Phi) is 0.947. The third kappa shape index (κ3) is 0.695. The highest BCUT2D eigenvalue weighted by molar-refractivity contribution is 6.32. The van der Waals surface area contributed by atoms with Gasteiger partial charge in [0.05, 0.1) is 5.69 Å². The topological polar surface area (TPSA) is 39.2 Å². The predicted octanol–water partition coefficient (Wildman–Crippen LogP) is 1.52. The molecule has 2 nitrogen and oxygen atoms in total. The molecule has 0 atom stereocenters. The van der Waals surface area contributed by atoms with Gasteiger partial charge in [-0.15, -0.1) is 0 Å².